The summed E-state index contributed by atoms with van der Waals surface area (Å²) in [6, 6.07) is 4.60. The number of methoxy groups -OCH3 is 1. The summed E-state index contributed by atoms with van der Waals surface area (Å²) in [5.41, 5.74) is -1.19. The van der Waals surface area contributed by atoms with Crippen molar-refractivity contribution >= 4 is 61.5 Å². The van der Waals surface area contributed by atoms with Gasteiger partial charge in [0.25, 0.3) is 12.3 Å². The van der Waals surface area contributed by atoms with Crippen molar-refractivity contribution in [1.29, 1.82) is 0 Å². The van der Waals surface area contributed by atoms with Gasteiger partial charge in [-0.25, -0.2) is 32.4 Å². The third-order valence-electron chi connectivity index (χ3n) is 10.9. The van der Waals surface area contributed by atoms with E-state index in [1.54, 1.807) is 49.8 Å². The Morgan fingerprint density at radius 2 is 1.81 bits per heavy atom. The van der Waals surface area contributed by atoms with Crippen molar-refractivity contribution in [3.8, 4) is 22.9 Å². The zero-order chi connectivity index (χ0) is 45.1. The minimum Gasteiger partial charge on any atom is -0.497 e. The van der Waals surface area contributed by atoms with E-state index in [9.17, 15) is 36.4 Å². The van der Waals surface area contributed by atoms with Gasteiger partial charge in [0.1, 0.15) is 53.6 Å². The van der Waals surface area contributed by atoms with Crippen LogP contribution in [0.4, 0.5) is 18.7 Å². The van der Waals surface area contributed by atoms with E-state index in [2.05, 4.69) is 26.7 Å². The summed E-state index contributed by atoms with van der Waals surface area (Å²) >= 11 is 1.41. The van der Waals surface area contributed by atoms with Gasteiger partial charge in [0.05, 0.1) is 24.9 Å². The predicted molar refractivity (Wildman–Crippen MR) is 226 cm³/mol. The molecule has 0 unspecified atom stereocenters. The second kappa shape index (κ2) is 18.7. The smallest absolute Gasteiger partial charge is 0.408 e. The number of aromatic nitrogens is 2. The highest BCUT2D eigenvalue weighted by Crippen LogP contribution is 2.45. The Bertz CT molecular complexity index is 2280. The SMILES string of the molecule is C=C[C@@H]1C[C@]1(NC(=O)[C@@H]1C[C@@H](Oc2cc(-c3csc(NC(C)C)n3)nc3cc(OC)ccc23)CN1C(=O)[C@@H](NC(=O)OC1CCCC1)C(C)(C)C)C(=O)NS(=O)(=O)OCC(F)F. The molecule has 21 heteroatoms. The number of nitrogens with one attached hydrogen (secondary N) is 4. The second-order valence-electron chi connectivity index (χ2n) is 17.0. The molecule has 1 saturated heterocycles. The molecule has 1 aromatic carbocycles. The fourth-order valence-electron chi connectivity index (χ4n) is 7.63. The highest BCUT2D eigenvalue weighted by atomic mass is 32.2. The summed E-state index contributed by atoms with van der Waals surface area (Å²) in [5.74, 6) is -2.57. The molecule has 5 atom stereocenters. The molecule has 2 aromatic heterocycles. The molecule has 4 amide bonds. The van der Waals surface area contributed by atoms with Gasteiger partial charge < -0.3 is 35.1 Å². The van der Waals surface area contributed by atoms with Gasteiger partial charge >= 0.3 is 16.4 Å². The molecule has 338 valence electrons. The van der Waals surface area contributed by atoms with Gasteiger partial charge in [-0.1, -0.05) is 26.8 Å². The van der Waals surface area contributed by atoms with E-state index in [1.165, 1.54) is 29.4 Å². The van der Waals surface area contributed by atoms with Gasteiger partial charge in [0, 0.05) is 41.3 Å². The molecular weight excluding hydrogens is 853 g/mol. The lowest BCUT2D eigenvalue weighted by Crippen LogP contribution is -2.60. The fraction of sp³-hybridized carbons (Fsp3) is 0.561. The summed E-state index contributed by atoms with van der Waals surface area (Å²) in [6.45, 7) is 11.3. The van der Waals surface area contributed by atoms with Gasteiger partial charge in [-0.15, -0.1) is 17.9 Å². The number of amides is 4. The Labute approximate surface area is 362 Å². The lowest BCUT2D eigenvalue weighted by atomic mass is 9.85. The van der Waals surface area contributed by atoms with E-state index < -0.39 is 82.2 Å². The molecule has 0 radical (unpaired) electrons. The number of rotatable bonds is 17. The maximum Gasteiger partial charge on any atom is 0.408 e. The highest BCUT2D eigenvalue weighted by Gasteiger charge is 2.61. The fourth-order valence-corrected chi connectivity index (χ4v) is 9.23. The van der Waals surface area contributed by atoms with E-state index in [0.717, 1.165) is 12.8 Å². The minimum absolute atomic E-state index is 0.0848. The van der Waals surface area contributed by atoms with Crippen LogP contribution in [0.3, 0.4) is 0 Å². The number of alkyl halides is 2. The van der Waals surface area contributed by atoms with Crippen molar-refractivity contribution in [2.24, 2.45) is 11.3 Å². The van der Waals surface area contributed by atoms with Crippen LogP contribution >= 0.6 is 11.3 Å². The van der Waals surface area contributed by atoms with Crippen molar-refractivity contribution in [2.75, 3.05) is 25.6 Å². The first-order valence-corrected chi connectivity index (χ1v) is 22.6. The van der Waals surface area contributed by atoms with Crippen LogP contribution in [0, 0.1) is 11.3 Å². The molecule has 3 fully saturated rings. The van der Waals surface area contributed by atoms with Crippen LogP contribution in [0.5, 0.6) is 11.5 Å². The molecule has 3 aliphatic rings. The first-order chi connectivity index (χ1) is 29.2. The molecule has 3 aromatic rings. The van der Waals surface area contributed by atoms with E-state index >= 15 is 0 Å². The molecule has 2 aliphatic carbocycles. The number of halogens is 2. The number of carbonyl (C=O) groups excluding carboxylic acids is 4. The van der Waals surface area contributed by atoms with E-state index in [4.69, 9.17) is 24.2 Å². The first-order valence-electron chi connectivity index (χ1n) is 20.3. The summed E-state index contributed by atoms with van der Waals surface area (Å²) in [5, 5.41) is 11.8. The Kier molecular flexibility index (Phi) is 14.0. The topological polar surface area (TPSA) is 216 Å². The summed E-state index contributed by atoms with van der Waals surface area (Å²) in [6.07, 6.45) is -0.688. The van der Waals surface area contributed by atoms with Crippen molar-refractivity contribution < 1.29 is 54.8 Å². The molecule has 0 spiro atoms. The van der Waals surface area contributed by atoms with Crippen LogP contribution in [-0.2, 0) is 33.6 Å². The lowest BCUT2D eigenvalue weighted by Gasteiger charge is -2.35. The number of nitrogens with zero attached hydrogens (tertiary/aromatic N) is 3. The van der Waals surface area contributed by atoms with Crippen LogP contribution in [0.25, 0.3) is 22.3 Å². The Morgan fingerprint density at radius 1 is 1.08 bits per heavy atom. The standard InChI is InChI=1S/C41H53F2N7O10S2/c1-8-23-18-41(23,37(53)49-62(55,56)58-20-33(42)43)48-35(51)31-16-26(19-50(31)36(52)34(40(4,5)6)47-39(54)60-24-11-9-10-12-24)59-32-17-29(30-21-61-38(46-30)44-22(2)3)45-28-15-25(57-7)13-14-27(28)32/h8,13-15,17,21-24,26,31,33-34H,1,9-12,16,18-20H2,2-7H3,(H,44,46)(H,47,54)(H,48,51)(H,49,53)/t23-,26-,31+,34-,41-/m1/s1. The van der Waals surface area contributed by atoms with Gasteiger partial charge in [-0.3, -0.25) is 14.4 Å². The summed E-state index contributed by atoms with van der Waals surface area (Å²) < 4.78 is 74.0. The molecule has 4 N–H and O–H groups in total. The Balaban J connectivity index is 1.33. The van der Waals surface area contributed by atoms with Crippen molar-refractivity contribution in [1.82, 2.24) is 30.2 Å². The number of benzene rings is 1. The Hall–Kier alpha value is -5.15. The number of hydrogen-bond donors (Lipinski definition) is 4. The van der Waals surface area contributed by atoms with Gasteiger partial charge in [0.15, 0.2) is 5.13 Å². The minimum atomic E-state index is -4.99. The molecule has 1 aliphatic heterocycles. The summed E-state index contributed by atoms with van der Waals surface area (Å²) in [7, 11) is -3.46. The third kappa shape index (κ3) is 10.9. The number of pyridine rings is 1. The van der Waals surface area contributed by atoms with Crippen molar-refractivity contribution in [2.45, 2.75) is 115 Å². The molecule has 6 rings (SSSR count). The Morgan fingerprint density at radius 3 is 2.44 bits per heavy atom. The van der Waals surface area contributed by atoms with E-state index in [1.807, 2.05) is 19.2 Å². The lowest BCUT2D eigenvalue weighted by molar-refractivity contribution is -0.143. The summed E-state index contributed by atoms with van der Waals surface area (Å²) in [4.78, 5) is 66.8. The van der Waals surface area contributed by atoms with Crippen LogP contribution < -0.4 is 30.1 Å². The van der Waals surface area contributed by atoms with Gasteiger partial charge in [-0.05, 0) is 63.5 Å². The maximum absolute atomic E-state index is 14.8. The zero-order valence-electron chi connectivity index (χ0n) is 35.4. The average Bonchev–Trinajstić information content (AvgIpc) is 3.61. The monoisotopic (exact) mass is 905 g/mol. The molecule has 2 saturated carbocycles. The van der Waals surface area contributed by atoms with Crippen molar-refractivity contribution in [3.63, 3.8) is 0 Å². The van der Waals surface area contributed by atoms with Gasteiger partial charge in [-0.2, -0.15) is 8.42 Å². The molecular formula is C41H53F2N7O10S2. The van der Waals surface area contributed by atoms with Crippen LogP contribution in [-0.4, -0.2) is 110 Å². The van der Waals surface area contributed by atoms with E-state index in [-0.39, 0.29) is 31.5 Å². The van der Waals surface area contributed by atoms with Crippen LogP contribution in [0.15, 0.2) is 42.3 Å². The number of likely N-dealkylation sites (tertiary alicyclic amines) is 1. The zero-order valence-corrected chi connectivity index (χ0v) is 37.0. The number of fused-ring (bicyclic) bond motifs is 1. The molecule has 17 nitrogen and oxygen atoms in total. The largest absolute Gasteiger partial charge is 0.497 e. The number of carbonyl (C=O) groups is 4. The number of alkyl carbamates (subject to hydrolysis) is 1. The number of thiazole rings is 1. The third-order valence-corrected chi connectivity index (χ3v) is 12.5. The van der Waals surface area contributed by atoms with Gasteiger partial charge in [0.2, 0.25) is 11.8 Å². The van der Waals surface area contributed by atoms with Crippen LogP contribution in [0.2, 0.25) is 0 Å². The van der Waals surface area contributed by atoms with Crippen LogP contribution in [0.1, 0.15) is 73.1 Å². The normalized spacial score (nSPS) is 22.0. The quantitative estimate of drug-likeness (QED) is 0.126. The molecule has 0 bridgehead atoms. The number of hydrogen-bond acceptors (Lipinski definition) is 14. The predicted octanol–water partition coefficient (Wildman–Crippen LogP) is 5.32. The average molecular weight is 906 g/mol. The molecule has 3 heterocycles. The second-order valence-corrected chi connectivity index (χ2v) is 19.2. The number of anilines is 1. The molecule has 62 heavy (non-hydrogen) atoms. The van der Waals surface area contributed by atoms with Crippen molar-refractivity contribution in [3.05, 3.63) is 42.3 Å². The maximum atomic E-state index is 14.8. The number of ether oxygens (including phenoxy) is 3. The highest BCUT2D eigenvalue weighted by molar-refractivity contribution is 7.85. The van der Waals surface area contributed by atoms with E-state index in [0.29, 0.717) is 51.8 Å². The first kappa shape index (κ1) is 46.4.